The lowest BCUT2D eigenvalue weighted by molar-refractivity contribution is 0.0389. The highest BCUT2D eigenvalue weighted by Gasteiger charge is 2.22. The molecule has 0 bridgehead atoms. The average Bonchev–Trinajstić information content (AvgIpc) is 2.49. The highest BCUT2D eigenvalue weighted by molar-refractivity contribution is 9.09. The van der Waals surface area contributed by atoms with Gasteiger partial charge >= 0.3 is 0 Å². The maximum atomic E-state index is 5.79. The second-order valence-electron chi connectivity index (χ2n) is 5.19. The van der Waals surface area contributed by atoms with E-state index < -0.39 is 0 Å². The van der Waals surface area contributed by atoms with Gasteiger partial charge in [0.2, 0.25) is 0 Å². The second-order valence-corrected chi connectivity index (χ2v) is 5.84. The summed E-state index contributed by atoms with van der Waals surface area (Å²) in [5.41, 5.74) is 1.25. The normalized spacial score (nSPS) is 18.4. The monoisotopic (exact) mass is 326 g/mol. The van der Waals surface area contributed by atoms with E-state index in [4.69, 9.17) is 9.47 Å². The van der Waals surface area contributed by atoms with Crippen LogP contribution in [0, 0.1) is 11.8 Å². The molecule has 106 valence electrons. The maximum Gasteiger partial charge on any atom is 0.0716 e. The maximum absolute atomic E-state index is 5.79. The molecule has 0 aliphatic carbocycles. The van der Waals surface area contributed by atoms with Crippen LogP contribution >= 0.6 is 15.9 Å². The number of benzene rings is 1. The quantitative estimate of drug-likeness (QED) is 0.556. The predicted molar refractivity (Wildman–Crippen MR) is 81.5 cm³/mol. The minimum Gasteiger partial charge on any atom is -0.381 e. The Hall–Kier alpha value is -0.380. The zero-order valence-corrected chi connectivity index (χ0v) is 13.0. The van der Waals surface area contributed by atoms with Crippen molar-refractivity contribution in [2.24, 2.45) is 11.8 Å². The van der Waals surface area contributed by atoms with Crippen molar-refractivity contribution in [1.82, 2.24) is 0 Å². The van der Waals surface area contributed by atoms with Gasteiger partial charge in [-0.25, -0.2) is 0 Å². The molecule has 0 N–H and O–H groups in total. The van der Waals surface area contributed by atoms with Crippen LogP contribution < -0.4 is 0 Å². The van der Waals surface area contributed by atoms with Crippen LogP contribution in [0.3, 0.4) is 0 Å². The summed E-state index contributed by atoms with van der Waals surface area (Å²) in [5.74, 6) is 1.52. The summed E-state index contributed by atoms with van der Waals surface area (Å²) in [6.45, 7) is 3.43. The van der Waals surface area contributed by atoms with E-state index in [1.165, 1.54) is 18.4 Å². The van der Waals surface area contributed by atoms with Crippen LogP contribution in [-0.2, 0) is 16.1 Å². The Morgan fingerprint density at radius 3 is 2.63 bits per heavy atom. The second kappa shape index (κ2) is 8.72. The first kappa shape index (κ1) is 15.0. The first-order valence-electron chi connectivity index (χ1n) is 7.15. The summed E-state index contributed by atoms with van der Waals surface area (Å²) >= 11 is 3.65. The summed E-state index contributed by atoms with van der Waals surface area (Å²) in [7, 11) is 0. The van der Waals surface area contributed by atoms with Gasteiger partial charge in [0, 0.05) is 25.2 Å². The minimum absolute atomic E-state index is 0.722. The minimum atomic E-state index is 0.722. The SMILES string of the molecule is BrCC(CCOCc1ccccc1)C1CCOCC1. The lowest BCUT2D eigenvalue weighted by Gasteiger charge is -2.29. The standard InChI is InChI=1S/C16H23BrO2/c17-12-16(15-6-9-18-10-7-15)8-11-19-13-14-4-2-1-3-5-14/h1-5,15-16H,6-13H2. The van der Waals surface area contributed by atoms with Crippen molar-refractivity contribution >= 4 is 15.9 Å². The smallest absolute Gasteiger partial charge is 0.0716 e. The zero-order chi connectivity index (χ0) is 13.3. The third-order valence-corrected chi connectivity index (χ3v) is 4.71. The van der Waals surface area contributed by atoms with Crippen LogP contribution in [0.1, 0.15) is 24.8 Å². The van der Waals surface area contributed by atoms with Gasteiger partial charge in [-0.15, -0.1) is 0 Å². The van der Waals surface area contributed by atoms with Gasteiger partial charge in [-0.1, -0.05) is 46.3 Å². The van der Waals surface area contributed by atoms with E-state index in [-0.39, 0.29) is 0 Å². The van der Waals surface area contributed by atoms with Crippen LogP contribution in [0.5, 0.6) is 0 Å². The molecule has 1 aromatic rings. The molecule has 1 aliphatic rings. The highest BCUT2D eigenvalue weighted by atomic mass is 79.9. The van der Waals surface area contributed by atoms with Gasteiger partial charge in [-0.3, -0.25) is 0 Å². The van der Waals surface area contributed by atoms with Gasteiger partial charge in [0.05, 0.1) is 6.61 Å². The molecule has 2 rings (SSSR count). The molecule has 1 aromatic carbocycles. The molecule has 1 fully saturated rings. The lowest BCUT2D eigenvalue weighted by Crippen LogP contribution is -2.25. The van der Waals surface area contributed by atoms with Gasteiger partial charge in [-0.05, 0) is 36.7 Å². The number of halogens is 1. The van der Waals surface area contributed by atoms with E-state index in [0.717, 1.165) is 50.0 Å². The molecule has 2 nitrogen and oxygen atoms in total. The first-order valence-corrected chi connectivity index (χ1v) is 8.27. The van der Waals surface area contributed by atoms with Gasteiger partial charge in [0.15, 0.2) is 0 Å². The Bertz CT molecular complexity index is 336. The third kappa shape index (κ3) is 5.25. The molecular formula is C16H23BrO2. The van der Waals surface area contributed by atoms with E-state index in [1.807, 2.05) is 6.07 Å². The van der Waals surface area contributed by atoms with Crippen molar-refractivity contribution in [1.29, 1.82) is 0 Å². The molecule has 3 heteroatoms. The van der Waals surface area contributed by atoms with Crippen molar-refractivity contribution in [2.45, 2.75) is 25.9 Å². The third-order valence-electron chi connectivity index (χ3n) is 3.88. The Labute approximate surface area is 124 Å². The molecule has 0 saturated carbocycles. The molecule has 0 aromatic heterocycles. The van der Waals surface area contributed by atoms with Crippen LogP contribution in [0.15, 0.2) is 30.3 Å². The van der Waals surface area contributed by atoms with Crippen molar-refractivity contribution in [3.05, 3.63) is 35.9 Å². The predicted octanol–water partition coefficient (Wildman–Crippen LogP) is 4.03. The summed E-state index contributed by atoms with van der Waals surface area (Å²) in [4.78, 5) is 0. The number of hydrogen-bond donors (Lipinski definition) is 0. The van der Waals surface area contributed by atoms with Crippen molar-refractivity contribution in [3.63, 3.8) is 0 Å². The van der Waals surface area contributed by atoms with Gasteiger partial charge < -0.3 is 9.47 Å². The number of rotatable bonds is 7. The fourth-order valence-electron chi connectivity index (χ4n) is 2.63. The molecule has 1 heterocycles. The van der Waals surface area contributed by atoms with Crippen molar-refractivity contribution in [2.75, 3.05) is 25.2 Å². The fourth-order valence-corrected chi connectivity index (χ4v) is 3.48. The topological polar surface area (TPSA) is 18.5 Å². The largest absolute Gasteiger partial charge is 0.381 e. The van der Waals surface area contributed by atoms with Crippen LogP contribution in [0.2, 0.25) is 0 Å². The zero-order valence-electron chi connectivity index (χ0n) is 11.4. The first-order chi connectivity index (χ1) is 9.40. The van der Waals surface area contributed by atoms with Crippen molar-refractivity contribution in [3.8, 4) is 0 Å². The number of ether oxygens (including phenoxy) is 2. The molecular weight excluding hydrogens is 304 g/mol. The van der Waals surface area contributed by atoms with Gasteiger partial charge in [0.1, 0.15) is 0 Å². The number of hydrogen-bond acceptors (Lipinski definition) is 2. The summed E-state index contributed by atoms with van der Waals surface area (Å²) < 4.78 is 11.2. The molecule has 19 heavy (non-hydrogen) atoms. The van der Waals surface area contributed by atoms with Crippen LogP contribution in [0.25, 0.3) is 0 Å². The van der Waals surface area contributed by atoms with E-state index in [2.05, 4.69) is 40.2 Å². The number of alkyl halides is 1. The molecule has 0 spiro atoms. The summed E-state index contributed by atoms with van der Waals surface area (Å²) in [6.07, 6.45) is 3.55. The van der Waals surface area contributed by atoms with Gasteiger partial charge in [-0.2, -0.15) is 0 Å². The molecule has 0 radical (unpaired) electrons. The Morgan fingerprint density at radius 2 is 1.95 bits per heavy atom. The average molecular weight is 327 g/mol. The summed E-state index contributed by atoms with van der Waals surface area (Å²) in [5, 5.41) is 1.08. The Morgan fingerprint density at radius 1 is 1.21 bits per heavy atom. The van der Waals surface area contributed by atoms with E-state index in [0.29, 0.717) is 0 Å². The van der Waals surface area contributed by atoms with Crippen molar-refractivity contribution < 1.29 is 9.47 Å². The Balaban J connectivity index is 1.65. The molecule has 0 amide bonds. The molecule has 1 aliphatic heterocycles. The van der Waals surface area contributed by atoms with E-state index in [9.17, 15) is 0 Å². The molecule has 1 saturated heterocycles. The van der Waals surface area contributed by atoms with E-state index >= 15 is 0 Å². The fraction of sp³-hybridized carbons (Fsp3) is 0.625. The molecule has 1 unspecified atom stereocenters. The molecule has 1 atom stereocenters. The van der Waals surface area contributed by atoms with Crippen LogP contribution in [0.4, 0.5) is 0 Å². The lowest BCUT2D eigenvalue weighted by atomic mass is 9.85. The highest BCUT2D eigenvalue weighted by Crippen LogP contribution is 2.27. The van der Waals surface area contributed by atoms with E-state index in [1.54, 1.807) is 0 Å². The van der Waals surface area contributed by atoms with Crippen LogP contribution in [-0.4, -0.2) is 25.2 Å². The van der Waals surface area contributed by atoms with Gasteiger partial charge in [0.25, 0.3) is 0 Å². The summed E-state index contributed by atoms with van der Waals surface area (Å²) in [6, 6.07) is 10.4. The Kier molecular flexibility index (Phi) is 6.90.